The molecule has 5 nitrogen and oxygen atoms in total. The van der Waals surface area contributed by atoms with Gasteiger partial charge in [0.15, 0.2) is 0 Å². The van der Waals surface area contributed by atoms with Gasteiger partial charge >= 0.3 is 0 Å². The number of rotatable bonds is 12. The van der Waals surface area contributed by atoms with Crippen LogP contribution in [0.3, 0.4) is 0 Å². The predicted molar refractivity (Wildman–Crippen MR) is 136 cm³/mol. The Labute approximate surface area is 191 Å². The van der Waals surface area contributed by atoms with Crippen LogP contribution in [0.5, 0.6) is 0 Å². The Morgan fingerprint density at radius 3 is 1.59 bits per heavy atom. The van der Waals surface area contributed by atoms with E-state index >= 15 is 0 Å². The molecular formula is C27H33N5. The minimum atomic E-state index is 0.783. The summed E-state index contributed by atoms with van der Waals surface area (Å²) in [4.78, 5) is 22.1. The Kier molecular flexibility index (Phi) is 9.79. The van der Waals surface area contributed by atoms with Gasteiger partial charge in [0.25, 0.3) is 0 Å². The quantitative estimate of drug-likeness (QED) is 0.163. The average Bonchev–Trinajstić information content (AvgIpc) is 2.81. The van der Waals surface area contributed by atoms with Crippen LogP contribution in [0.15, 0.2) is 62.4 Å². The zero-order valence-electron chi connectivity index (χ0n) is 19.3. The number of benzene rings is 2. The molecule has 0 saturated carbocycles. The van der Waals surface area contributed by atoms with Crippen LogP contribution in [0.4, 0.5) is 11.4 Å². The maximum Gasteiger partial charge on any atom is 0.0948 e. The van der Waals surface area contributed by atoms with Crippen LogP contribution < -0.4 is 0 Å². The molecule has 0 fully saturated rings. The third-order valence-electron chi connectivity index (χ3n) is 5.33. The van der Waals surface area contributed by atoms with Crippen molar-refractivity contribution in [2.45, 2.75) is 65.2 Å². The van der Waals surface area contributed by atoms with E-state index in [1.54, 1.807) is 0 Å². The molecule has 0 aliphatic heterocycles. The number of unbranched alkanes of at least 4 members (excludes halogenated alkanes) is 6. The molecule has 5 heteroatoms. The van der Waals surface area contributed by atoms with Crippen molar-refractivity contribution in [2.75, 3.05) is 13.1 Å². The van der Waals surface area contributed by atoms with Crippen LogP contribution in [0.1, 0.15) is 65.2 Å². The van der Waals surface area contributed by atoms with Gasteiger partial charge in [0.1, 0.15) is 0 Å². The van der Waals surface area contributed by atoms with Crippen molar-refractivity contribution in [3.8, 4) is 0 Å². The van der Waals surface area contributed by atoms with Crippen molar-refractivity contribution in [3.05, 3.63) is 42.5 Å². The summed E-state index contributed by atoms with van der Waals surface area (Å²) in [6.07, 6.45) is 9.60. The molecule has 2 aromatic carbocycles. The first kappa shape index (κ1) is 23.5. The largest absolute Gasteiger partial charge is 0.248 e. The number of pyridine rings is 1. The summed E-state index contributed by atoms with van der Waals surface area (Å²) in [6.45, 7) is 5.98. The highest BCUT2D eigenvalue weighted by molar-refractivity contribution is 5.95. The number of aliphatic imine (C=N–C) groups is 4. The Bertz CT molecular complexity index is 1050. The lowest BCUT2D eigenvalue weighted by Crippen LogP contribution is -1.83. The predicted octanol–water partition coefficient (Wildman–Crippen LogP) is 8.16. The topological polar surface area (TPSA) is 62.3 Å². The summed E-state index contributed by atoms with van der Waals surface area (Å²) in [5, 5.41) is 2.16. The van der Waals surface area contributed by atoms with Crippen LogP contribution >= 0.6 is 0 Å². The molecule has 1 aromatic heterocycles. The van der Waals surface area contributed by atoms with E-state index in [0.717, 1.165) is 59.1 Å². The zero-order chi connectivity index (χ0) is 22.4. The van der Waals surface area contributed by atoms with Gasteiger partial charge in [-0.15, -0.1) is 0 Å². The van der Waals surface area contributed by atoms with E-state index in [2.05, 4.69) is 51.9 Å². The second kappa shape index (κ2) is 13.3. The Hall–Kier alpha value is -3.13. The first-order chi connectivity index (χ1) is 15.8. The van der Waals surface area contributed by atoms with Gasteiger partial charge in [-0.05, 0) is 43.2 Å². The van der Waals surface area contributed by atoms with Crippen LogP contribution in [0.25, 0.3) is 21.8 Å². The molecule has 0 saturated heterocycles. The molecular weight excluding hydrogens is 394 g/mol. The molecule has 3 rings (SSSR count). The average molecular weight is 428 g/mol. The highest BCUT2D eigenvalue weighted by Gasteiger charge is 2.02. The van der Waals surface area contributed by atoms with E-state index in [4.69, 9.17) is 4.98 Å². The van der Waals surface area contributed by atoms with Crippen LogP contribution in [0.2, 0.25) is 0 Å². The SMILES string of the molecule is CCCCCCN=C=Nc1ccc2cc3ccc(N=C=NCCCCCC)cc3nc2c1. The summed E-state index contributed by atoms with van der Waals surface area (Å²) in [5.74, 6) is 0. The molecule has 32 heavy (non-hydrogen) atoms. The molecule has 0 amide bonds. The summed E-state index contributed by atoms with van der Waals surface area (Å²) < 4.78 is 0. The van der Waals surface area contributed by atoms with E-state index in [9.17, 15) is 0 Å². The molecule has 166 valence electrons. The molecule has 0 unspecified atom stereocenters. The Balaban J connectivity index is 1.70. The van der Waals surface area contributed by atoms with Gasteiger partial charge < -0.3 is 0 Å². The number of fused-ring (bicyclic) bond motifs is 2. The lowest BCUT2D eigenvalue weighted by molar-refractivity contribution is 0.676. The first-order valence-electron chi connectivity index (χ1n) is 11.9. The van der Waals surface area contributed by atoms with E-state index in [1.165, 1.54) is 38.5 Å². The normalized spacial score (nSPS) is 10.6. The van der Waals surface area contributed by atoms with Crippen molar-refractivity contribution in [2.24, 2.45) is 20.0 Å². The molecule has 0 atom stereocenters. The Morgan fingerprint density at radius 2 is 1.12 bits per heavy atom. The summed E-state index contributed by atoms with van der Waals surface area (Å²) in [7, 11) is 0. The molecule has 3 aromatic rings. The van der Waals surface area contributed by atoms with Crippen LogP contribution in [0, 0.1) is 0 Å². The number of aromatic nitrogens is 1. The lowest BCUT2D eigenvalue weighted by atomic mass is 10.1. The smallest absolute Gasteiger partial charge is 0.0948 e. The second-order valence-electron chi connectivity index (χ2n) is 8.05. The molecule has 0 aliphatic rings. The minimum Gasteiger partial charge on any atom is -0.248 e. The number of nitrogens with zero attached hydrogens (tertiary/aromatic N) is 5. The van der Waals surface area contributed by atoms with Gasteiger partial charge in [-0.3, -0.25) is 0 Å². The van der Waals surface area contributed by atoms with Crippen molar-refractivity contribution in [1.29, 1.82) is 0 Å². The maximum atomic E-state index is 4.82. The van der Waals surface area contributed by atoms with E-state index in [0.29, 0.717) is 0 Å². The molecule has 0 bridgehead atoms. The van der Waals surface area contributed by atoms with Crippen molar-refractivity contribution in [3.63, 3.8) is 0 Å². The first-order valence-corrected chi connectivity index (χ1v) is 11.9. The van der Waals surface area contributed by atoms with Gasteiger partial charge in [0, 0.05) is 23.9 Å². The number of hydrogen-bond donors (Lipinski definition) is 0. The van der Waals surface area contributed by atoms with Gasteiger partial charge in [-0.25, -0.2) is 15.0 Å². The fourth-order valence-electron chi connectivity index (χ4n) is 3.46. The highest BCUT2D eigenvalue weighted by atomic mass is 14.8. The minimum absolute atomic E-state index is 0.783. The van der Waals surface area contributed by atoms with Crippen molar-refractivity contribution >= 4 is 45.2 Å². The fraction of sp³-hybridized carbons (Fsp3) is 0.444. The van der Waals surface area contributed by atoms with E-state index < -0.39 is 0 Å². The Morgan fingerprint density at radius 1 is 0.625 bits per heavy atom. The molecule has 0 aliphatic carbocycles. The van der Waals surface area contributed by atoms with Crippen LogP contribution in [-0.2, 0) is 0 Å². The molecule has 0 N–H and O–H groups in total. The molecule has 1 heterocycles. The van der Waals surface area contributed by atoms with Gasteiger partial charge in [0.2, 0.25) is 0 Å². The fourth-order valence-corrected chi connectivity index (χ4v) is 3.46. The standard InChI is InChI=1S/C27H33N5/c1-3-5-7-9-15-28-20-30-24-13-11-22-17-23-12-14-25(19-27(23)32-26(22)18-24)31-21-29-16-10-8-6-4-2/h11-14,17-19H,3-10,15-16H2,1-2H3. The summed E-state index contributed by atoms with van der Waals surface area (Å²) >= 11 is 0. The molecule has 0 spiro atoms. The zero-order valence-corrected chi connectivity index (χ0v) is 19.3. The maximum absolute atomic E-state index is 4.82. The van der Waals surface area contributed by atoms with E-state index in [-0.39, 0.29) is 0 Å². The summed E-state index contributed by atoms with van der Waals surface area (Å²) in [5.41, 5.74) is 3.42. The highest BCUT2D eigenvalue weighted by Crippen LogP contribution is 2.26. The van der Waals surface area contributed by atoms with Gasteiger partial charge in [0.05, 0.1) is 34.4 Å². The monoisotopic (exact) mass is 427 g/mol. The summed E-state index contributed by atoms with van der Waals surface area (Å²) in [6, 6.07) is 19.8. The van der Waals surface area contributed by atoms with Crippen molar-refractivity contribution < 1.29 is 0 Å². The van der Waals surface area contributed by atoms with Gasteiger partial charge in [-0.1, -0.05) is 64.5 Å². The third kappa shape index (κ3) is 7.53. The lowest BCUT2D eigenvalue weighted by Gasteiger charge is -2.03. The van der Waals surface area contributed by atoms with Crippen LogP contribution in [-0.4, -0.2) is 30.1 Å². The van der Waals surface area contributed by atoms with Gasteiger partial charge in [-0.2, -0.15) is 9.98 Å². The second-order valence-corrected chi connectivity index (χ2v) is 8.05. The third-order valence-corrected chi connectivity index (χ3v) is 5.33. The number of hydrogen-bond acceptors (Lipinski definition) is 5. The van der Waals surface area contributed by atoms with Crippen molar-refractivity contribution in [1.82, 2.24) is 4.98 Å². The van der Waals surface area contributed by atoms with E-state index in [1.807, 2.05) is 36.4 Å². The molecule has 0 radical (unpaired) electrons.